The number of nitrogens with zero attached hydrogens (tertiary/aromatic N) is 2. The third-order valence-corrected chi connectivity index (χ3v) is 3.60. The van der Waals surface area contributed by atoms with E-state index in [0.29, 0.717) is 13.0 Å². The van der Waals surface area contributed by atoms with Gasteiger partial charge >= 0.3 is 0 Å². The van der Waals surface area contributed by atoms with Gasteiger partial charge in [0.05, 0.1) is 5.71 Å². The highest BCUT2D eigenvalue weighted by Crippen LogP contribution is 2.16. The van der Waals surface area contributed by atoms with Gasteiger partial charge in [-0.1, -0.05) is 35.5 Å². The highest BCUT2D eigenvalue weighted by molar-refractivity contribution is 6.04. The summed E-state index contributed by atoms with van der Waals surface area (Å²) in [6, 6.07) is 9.62. The molecule has 2 N–H and O–H groups in total. The lowest BCUT2D eigenvalue weighted by molar-refractivity contribution is -0.131. The maximum atomic E-state index is 12.1. The minimum Gasteiger partial charge on any atom is -0.382 e. The molecule has 0 spiro atoms. The molecule has 7 heteroatoms. The summed E-state index contributed by atoms with van der Waals surface area (Å²) >= 11 is 0. The molecule has 2 rings (SSSR count). The summed E-state index contributed by atoms with van der Waals surface area (Å²) in [5, 5.41) is 9.50. The number of rotatable bonds is 8. The van der Waals surface area contributed by atoms with Gasteiger partial charge in [0.1, 0.15) is 0 Å². The average molecular weight is 332 g/mol. The fourth-order valence-corrected chi connectivity index (χ4v) is 2.24. The second-order valence-corrected chi connectivity index (χ2v) is 5.90. The maximum absolute atomic E-state index is 12.1. The molecule has 1 heterocycles. The lowest BCUT2D eigenvalue weighted by Gasteiger charge is -2.11. The first-order chi connectivity index (χ1) is 11.6. The molecule has 1 aliphatic rings. The van der Waals surface area contributed by atoms with Gasteiger partial charge in [0.15, 0.2) is 0 Å². The molecule has 0 saturated heterocycles. The van der Waals surface area contributed by atoms with E-state index in [4.69, 9.17) is 4.84 Å². The number of carbonyl (C=O) groups is 2. The predicted molar refractivity (Wildman–Crippen MR) is 91.7 cm³/mol. The van der Waals surface area contributed by atoms with Gasteiger partial charge in [0.2, 0.25) is 12.0 Å². The Kier molecular flexibility index (Phi) is 6.74. The number of amides is 2. The first kappa shape index (κ1) is 17.9. The molecule has 1 aliphatic heterocycles. The van der Waals surface area contributed by atoms with Crippen molar-refractivity contribution in [1.82, 2.24) is 15.5 Å². The minimum absolute atomic E-state index is 0.0780. The van der Waals surface area contributed by atoms with Crippen molar-refractivity contribution < 1.29 is 14.4 Å². The van der Waals surface area contributed by atoms with Crippen molar-refractivity contribution in [2.45, 2.75) is 18.9 Å². The average Bonchev–Trinajstić information content (AvgIpc) is 3.05. The van der Waals surface area contributed by atoms with Crippen LogP contribution in [0.15, 0.2) is 35.5 Å². The molecule has 130 valence electrons. The van der Waals surface area contributed by atoms with Crippen LogP contribution in [0.3, 0.4) is 0 Å². The lowest BCUT2D eigenvalue weighted by Crippen LogP contribution is -2.38. The largest absolute Gasteiger partial charge is 0.382 e. The predicted octanol–water partition coefficient (Wildman–Crippen LogP) is 0.364. The van der Waals surface area contributed by atoms with Crippen molar-refractivity contribution in [2.24, 2.45) is 5.16 Å². The number of hydrogen-bond acceptors (Lipinski definition) is 5. The molecule has 1 unspecified atom stereocenters. The Hall–Kier alpha value is -2.41. The van der Waals surface area contributed by atoms with Gasteiger partial charge in [-0.05, 0) is 19.7 Å². The quantitative estimate of drug-likeness (QED) is 0.720. The van der Waals surface area contributed by atoms with Crippen LogP contribution in [0.25, 0.3) is 0 Å². The van der Waals surface area contributed by atoms with E-state index in [2.05, 4.69) is 15.8 Å². The molecule has 7 nitrogen and oxygen atoms in total. The molecule has 1 aromatic rings. The van der Waals surface area contributed by atoms with Crippen LogP contribution in [0.4, 0.5) is 0 Å². The minimum atomic E-state index is -0.628. The van der Waals surface area contributed by atoms with Crippen molar-refractivity contribution in [1.29, 1.82) is 0 Å². The Morgan fingerprint density at radius 1 is 1.21 bits per heavy atom. The van der Waals surface area contributed by atoms with Gasteiger partial charge in [-0.15, -0.1) is 0 Å². The van der Waals surface area contributed by atoms with Crippen LogP contribution >= 0.6 is 0 Å². The van der Waals surface area contributed by atoms with E-state index in [9.17, 15) is 9.59 Å². The van der Waals surface area contributed by atoms with Crippen molar-refractivity contribution in [2.75, 3.05) is 33.7 Å². The Bertz CT molecular complexity index is 587. The van der Waals surface area contributed by atoms with Crippen LogP contribution in [0.1, 0.15) is 18.4 Å². The summed E-state index contributed by atoms with van der Waals surface area (Å²) in [5.41, 5.74) is 1.71. The van der Waals surface area contributed by atoms with Crippen LogP contribution in [-0.2, 0) is 14.4 Å². The Labute approximate surface area is 142 Å². The van der Waals surface area contributed by atoms with Crippen molar-refractivity contribution >= 4 is 17.5 Å². The van der Waals surface area contributed by atoms with Crippen molar-refractivity contribution in [3.8, 4) is 0 Å². The van der Waals surface area contributed by atoms with Crippen molar-refractivity contribution in [3.05, 3.63) is 35.9 Å². The third-order valence-electron chi connectivity index (χ3n) is 3.60. The third kappa shape index (κ3) is 5.66. The molecule has 0 saturated carbocycles. The Morgan fingerprint density at radius 2 is 1.96 bits per heavy atom. The molecule has 0 bridgehead atoms. The molecular weight excluding hydrogens is 308 g/mol. The first-order valence-corrected chi connectivity index (χ1v) is 8.03. The zero-order valence-corrected chi connectivity index (χ0v) is 14.1. The zero-order valence-electron chi connectivity index (χ0n) is 14.1. The van der Waals surface area contributed by atoms with Gasteiger partial charge in [-0.3, -0.25) is 9.59 Å². The van der Waals surface area contributed by atoms with Gasteiger partial charge < -0.3 is 20.4 Å². The van der Waals surface area contributed by atoms with Gasteiger partial charge in [0.25, 0.3) is 5.91 Å². The van der Waals surface area contributed by atoms with Gasteiger partial charge in [-0.2, -0.15) is 0 Å². The van der Waals surface area contributed by atoms with Crippen LogP contribution in [0, 0.1) is 0 Å². The summed E-state index contributed by atoms with van der Waals surface area (Å²) in [4.78, 5) is 30.9. The van der Waals surface area contributed by atoms with Crippen LogP contribution in [-0.4, -0.2) is 62.3 Å². The highest BCUT2D eigenvalue weighted by Gasteiger charge is 2.28. The topological polar surface area (TPSA) is 83.0 Å². The first-order valence-electron chi connectivity index (χ1n) is 8.03. The van der Waals surface area contributed by atoms with E-state index >= 15 is 0 Å². The van der Waals surface area contributed by atoms with E-state index in [1.165, 1.54) is 0 Å². The summed E-state index contributed by atoms with van der Waals surface area (Å²) in [5.74, 6) is -0.323. The van der Waals surface area contributed by atoms with Gasteiger partial charge in [0, 0.05) is 32.5 Å². The molecule has 0 aromatic heterocycles. The number of hydrogen-bond donors (Lipinski definition) is 2. The fraction of sp³-hybridized carbons (Fsp3) is 0.471. The van der Waals surface area contributed by atoms with Gasteiger partial charge in [-0.25, -0.2) is 0 Å². The molecule has 0 radical (unpaired) electrons. The zero-order chi connectivity index (χ0) is 17.4. The molecule has 0 fully saturated rings. The van der Waals surface area contributed by atoms with Crippen LogP contribution in [0.2, 0.25) is 0 Å². The van der Waals surface area contributed by atoms with Crippen LogP contribution < -0.4 is 10.6 Å². The number of nitrogens with one attached hydrogen (secondary N) is 2. The molecule has 1 aromatic carbocycles. The standard InChI is InChI=1S/C17H24N4O3/c1-21(2)11-10-18-16(22)8-9-19-17(23)15-12-14(20-24-15)13-6-4-3-5-7-13/h3-7,15H,8-12H2,1-2H3,(H,18,22)(H,19,23). The van der Waals surface area contributed by atoms with E-state index < -0.39 is 6.10 Å². The number of carbonyl (C=O) groups excluding carboxylic acids is 2. The molecule has 0 aliphatic carbocycles. The number of benzene rings is 1. The smallest absolute Gasteiger partial charge is 0.264 e. The van der Waals surface area contributed by atoms with Crippen molar-refractivity contribution in [3.63, 3.8) is 0 Å². The number of likely N-dealkylation sites (N-methyl/N-ethyl adjacent to an activating group) is 1. The van der Waals surface area contributed by atoms with E-state index in [1.54, 1.807) is 0 Å². The summed E-state index contributed by atoms with van der Waals surface area (Å²) in [6.45, 7) is 1.67. The summed E-state index contributed by atoms with van der Waals surface area (Å²) < 4.78 is 0. The van der Waals surface area contributed by atoms with Crippen LogP contribution in [0.5, 0.6) is 0 Å². The van der Waals surface area contributed by atoms with E-state index in [1.807, 2.05) is 49.3 Å². The maximum Gasteiger partial charge on any atom is 0.264 e. The Morgan fingerprint density at radius 3 is 2.67 bits per heavy atom. The second-order valence-electron chi connectivity index (χ2n) is 5.90. The molecular formula is C17H24N4O3. The highest BCUT2D eigenvalue weighted by atomic mass is 16.6. The molecule has 1 atom stereocenters. The lowest BCUT2D eigenvalue weighted by atomic mass is 10.0. The molecule has 24 heavy (non-hydrogen) atoms. The fourth-order valence-electron chi connectivity index (χ4n) is 2.24. The van der Waals surface area contributed by atoms with E-state index in [0.717, 1.165) is 17.8 Å². The SMILES string of the molecule is CN(C)CCNC(=O)CCNC(=O)C1CC(c2ccccc2)=NO1. The summed E-state index contributed by atoms with van der Waals surface area (Å²) in [7, 11) is 3.89. The molecule has 2 amide bonds. The second kappa shape index (κ2) is 9.02. The normalized spacial score (nSPS) is 16.5. The van der Waals surface area contributed by atoms with E-state index in [-0.39, 0.29) is 24.8 Å². The number of oxime groups is 1. The Balaban J connectivity index is 1.65. The monoisotopic (exact) mass is 332 g/mol. The summed E-state index contributed by atoms with van der Waals surface area (Å²) in [6.07, 6.45) is 0.0559.